The molecule has 0 radical (unpaired) electrons. The summed E-state index contributed by atoms with van der Waals surface area (Å²) in [4.78, 5) is 11.7. The molecule has 0 aliphatic heterocycles. The Morgan fingerprint density at radius 3 is 2.37 bits per heavy atom. The quantitative estimate of drug-likeness (QED) is 0.807. The third kappa shape index (κ3) is 2.61. The number of hydrogen-bond acceptors (Lipinski definition) is 3. The highest BCUT2D eigenvalue weighted by molar-refractivity contribution is 7.90. The van der Waals surface area contributed by atoms with Crippen molar-refractivity contribution in [1.82, 2.24) is 3.97 Å². The summed E-state index contributed by atoms with van der Waals surface area (Å²) in [6, 6.07) is 8.14. The number of benzene rings is 1. The van der Waals surface area contributed by atoms with Gasteiger partial charge in [-0.25, -0.2) is 12.4 Å². The molecule has 0 aliphatic rings. The summed E-state index contributed by atoms with van der Waals surface area (Å²) >= 11 is 0. The average Bonchev–Trinajstić information content (AvgIpc) is 2.88. The van der Waals surface area contributed by atoms with Gasteiger partial charge in [-0.2, -0.15) is 0 Å². The lowest BCUT2D eigenvalue weighted by Crippen LogP contribution is -2.11. The maximum atomic E-state index is 12.3. The third-order valence-electron chi connectivity index (χ3n) is 2.91. The molecule has 4 nitrogen and oxygen atoms in total. The second-order valence-corrected chi connectivity index (χ2v) is 6.17. The monoisotopic (exact) mass is 277 g/mol. The summed E-state index contributed by atoms with van der Waals surface area (Å²) in [5, 5.41) is 0. The number of hydrogen-bond donors (Lipinski definition) is 0. The second-order valence-electron chi connectivity index (χ2n) is 4.32. The Hall–Kier alpha value is -1.88. The van der Waals surface area contributed by atoms with Gasteiger partial charge in [-0.15, -0.1) is 0 Å². The largest absolute Gasteiger partial charge is 0.294 e. The fourth-order valence-corrected chi connectivity index (χ4v) is 2.92. The van der Waals surface area contributed by atoms with Gasteiger partial charge < -0.3 is 0 Å². The lowest BCUT2D eigenvalue weighted by Gasteiger charge is -2.05. The molecule has 2 aromatic rings. The van der Waals surface area contributed by atoms with Crippen LogP contribution < -0.4 is 0 Å². The van der Waals surface area contributed by atoms with Crippen molar-refractivity contribution in [1.29, 1.82) is 0 Å². The van der Waals surface area contributed by atoms with Gasteiger partial charge in [0, 0.05) is 24.4 Å². The molecule has 0 atom stereocenters. The van der Waals surface area contributed by atoms with Crippen molar-refractivity contribution < 1.29 is 13.2 Å². The summed E-state index contributed by atoms with van der Waals surface area (Å²) in [6.07, 6.45) is 3.12. The summed E-state index contributed by atoms with van der Waals surface area (Å²) < 4.78 is 25.7. The Kier molecular flexibility index (Phi) is 3.57. The van der Waals surface area contributed by atoms with E-state index in [1.54, 1.807) is 31.2 Å². The number of carbonyl (C=O) groups is 1. The Morgan fingerprint density at radius 2 is 1.79 bits per heavy atom. The summed E-state index contributed by atoms with van der Waals surface area (Å²) in [5.74, 6) is -0.0714. The first-order valence-electron chi connectivity index (χ1n) is 5.98. The standard InChI is InChI=1S/C14H15NO3S/c1-3-14(16)12-8-9-15(10-12)19(17,18)13-6-4-11(2)5-7-13/h4-10H,3H2,1-2H3. The number of rotatable bonds is 4. The van der Waals surface area contributed by atoms with Crippen molar-refractivity contribution in [2.45, 2.75) is 25.2 Å². The average molecular weight is 277 g/mol. The number of ketones is 1. The second kappa shape index (κ2) is 5.01. The highest BCUT2D eigenvalue weighted by Gasteiger charge is 2.17. The molecule has 0 saturated carbocycles. The van der Waals surface area contributed by atoms with Gasteiger partial charge in [0.05, 0.1) is 4.90 Å². The third-order valence-corrected chi connectivity index (χ3v) is 4.56. The van der Waals surface area contributed by atoms with Gasteiger partial charge in [-0.05, 0) is 25.1 Å². The highest BCUT2D eigenvalue weighted by Crippen LogP contribution is 2.16. The molecule has 0 unspecified atom stereocenters. The molecule has 0 bridgehead atoms. The van der Waals surface area contributed by atoms with E-state index < -0.39 is 10.0 Å². The lowest BCUT2D eigenvalue weighted by molar-refractivity contribution is 0.0988. The van der Waals surface area contributed by atoms with E-state index in [-0.39, 0.29) is 10.7 Å². The van der Waals surface area contributed by atoms with E-state index in [2.05, 4.69) is 0 Å². The predicted molar refractivity (Wildman–Crippen MR) is 72.8 cm³/mol. The Morgan fingerprint density at radius 1 is 1.16 bits per heavy atom. The zero-order chi connectivity index (χ0) is 14.0. The highest BCUT2D eigenvalue weighted by atomic mass is 32.2. The van der Waals surface area contributed by atoms with Gasteiger partial charge in [-0.1, -0.05) is 24.6 Å². The van der Waals surface area contributed by atoms with Crippen molar-refractivity contribution in [2.75, 3.05) is 0 Å². The first kappa shape index (κ1) is 13.5. The SMILES string of the molecule is CCC(=O)c1ccn(S(=O)(=O)c2ccc(C)cc2)c1. The summed E-state index contributed by atoms with van der Waals surface area (Å²) in [7, 11) is -3.61. The molecule has 5 heteroatoms. The van der Waals surface area contributed by atoms with Crippen molar-refractivity contribution in [2.24, 2.45) is 0 Å². The molecule has 1 aromatic heterocycles. The fraction of sp³-hybridized carbons (Fsp3) is 0.214. The van der Waals surface area contributed by atoms with E-state index in [1.165, 1.54) is 18.5 Å². The van der Waals surface area contributed by atoms with Gasteiger partial charge in [0.15, 0.2) is 5.78 Å². The molecule has 0 saturated heterocycles. The van der Waals surface area contributed by atoms with Crippen molar-refractivity contribution in [3.05, 3.63) is 53.9 Å². The molecule has 2 rings (SSSR count). The lowest BCUT2D eigenvalue weighted by atomic mass is 10.2. The maximum Gasteiger partial charge on any atom is 0.267 e. The van der Waals surface area contributed by atoms with Gasteiger partial charge >= 0.3 is 0 Å². The van der Waals surface area contributed by atoms with Gasteiger partial charge in [0.25, 0.3) is 10.0 Å². The van der Waals surface area contributed by atoms with E-state index in [0.717, 1.165) is 9.54 Å². The van der Waals surface area contributed by atoms with E-state index >= 15 is 0 Å². The fourth-order valence-electron chi connectivity index (χ4n) is 1.73. The number of aryl methyl sites for hydroxylation is 1. The summed E-state index contributed by atoms with van der Waals surface area (Å²) in [6.45, 7) is 3.64. The van der Waals surface area contributed by atoms with Crippen molar-refractivity contribution in [3.63, 3.8) is 0 Å². The van der Waals surface area contributed by atoms with Gasteiger partial charge in [0.2, 0.25) is 0 Å². The van der Waals surface area contributed by atoms with Crippen LogP contribution in [0, 0.1) is 6.92 Å². The van der Waals surface area contributed by atoms with Crippen LogP contribution in [0.4, 0.5) is 0 Å². The minimum Gasteiger partial charge on any atom is -0.294 e. The predicted octanol–water partition coefficient (Wildman–Crippen LogP) is 2.63. The van der Waals surface area contributed by atoms with Crippen LogP contribution in [0.3, 0.4) is 0 Å². The first-order valence-corrected chi connectivity index (χ1v) is 7.42. The number of Topliss-reactive ketones (excluding diaryl/α,β-unsaturated/α-hetero) is 1. The van der Waals surface area contributed by atoms with Crippen molar-refractivity contribution in [3.8, 4) is 0 Å². The molecule has 0 fully saturated rings. The topological polar surface area (TPSA) is 56.1 Å². The van der Waals surface area contributed by atoms with E-state index in [9.17, 15) is 13.2 Å². The van der Waals surface area contributed by atoms with Gasteiger partial charge in [-0.3, -0.25) is 4.79 Å². The van der Waals surface area contributed by atoms with Crippen LogP contribution in [0.1, 0.15) is 29.3 Å². The van der Waals surface area contributed by atoms with Gasteiger partial charge in [0.1, 0.15) is 0 Å². The van der Waals surface area contributed by atoms with E-state index in [4.69, 9.17) is 0 Å². The zero-order valence-corrected chi connectivity index (χ0v) is 11.6. The first-order chi connectivity index (χ1) is 8.95. The Balaban J connectivity index is 2.42. The Labute approximate surface area is 112 Å². The van der Waals surface area contributed by atoms with Crippen LogP contribution in [0.2, 0.25) is 0 Å². The zero-order valence-electron chi connectivity index (χ0n) is 10.8. The molecule has 1 aromatic carbocycles. The van der Waals surface area contributed by atoms with Crippen LogP contribution in [0.5, 0.6) is 0 Å². The molecule has 0 spiro atoms. The smallest absolute Gasteiger partial charge is 0.267 e. The molecule has 19 heavy (non-hydrogen) atoms. The molecular weight excluding hydrogens is 262 g/mol. The van der Waals surface area contributed by atoms with Crippen molar-refractivity contribution >= 4 is 15.8 Å². The number of nitrogens with zero attached hydrogens (tertiary/aromatic N) is 1. The minimum absolute atomic E-state index is 0.0714. The molecule has 100 valence electrons. The van der Waals surface area contributed by atoms with E-state index in [0.29, 0.717) is 12.0 Å². The molecular formula is C14H15NO3S. The summed E-state index contributed by atoms with van der Waals surface area (Å²) in [5.41, 5.74) is 1.41. The Bertz CT molecular complexity index is 697. The number of carbonyl (C=O) groups excluding carboxylic acids is 1. The number of aromatic nitrogens is 1. The normalized spacial score (nSPS) is 11.5. The maximum absolute atomic E-state index is 12.3. The molecule has 1 heterocycles. The van der Waals surface area contributed by atoms with Crippen LogP contribution in [-0.2, 0) is 10.0 Å². The van der Waals surface area contributed by atoms with E-state index in [1.807, 2.05) is 6.92 Å². The molecule has 0 aliphatic carbocycles. The minimum atomic E-state index is -3.61. The van der Waals surface area contributed by atoms with Crippen LogP contribution in [0.25, 0.3) is 0 Å². The molecule has 0 N–H and O–H groups in total. The van der Waals surface area contributed by atoms with Crippen LogP contribution >= 0.6 is 0 Å². The van der Waals surface area contributed by atoms with Crippen LogP contribution in [-0.4, -0.2) is 18.2 Å². The van der Waals surface area contributed by atoms with Crippen LogP contribution in [0.15, 0.2) is 47.6 Å². The molecule has 0 amide bonds.